The van der Waals surface area contributed by atoms with Gasteiger partial charge in [0.1, 0.15) is 36.9 Å². The number of nitrogens with zero attached hydrogens (tertiary/aromatic N) is 9. The number of carbonyl (C=O) groups excluding carboxylic acids is 1. The maximum absolute atomic E-state index is 13.0. The lowest BCUT2D eigenvalue weighted by Crippen LogP contribution is -2.40. The average Bonchev–Trinajstić information content (AvgIpc) is 3.55. The van der Waals surface area contributed by atoms with Gasteiger partial charge in [-0.1, -0.05) is 15.6 Å². The lowest BCUT2D eigenvalue weighted by atomic mass is 10.1. The third kappa shape index (κ3) is 7.12. The van der Waals surface area contributed by atoms with Crippen LogP contribution in [0.4, 0.5) is 0 Å². The van der Waals surface area contributed by atoms with Crippen molar-refractivity contribution in [2.45, 2.75) is 46.1 Å². The first-order valence-electron chi connectivity index (χ1n) is 10.9. The molecule has 37 heavy (non-hydrogen) atoms. The molecule has 3 heterocycles. The summed E-state index contributed by atoms with van der Waals surface area (Å²) in [6, 6.07) is 3.07. The van der Waals surface area contributed by atoms with E-state index in [9.17, 15) is 4.79 Å². The minimum atomic E-state index is -0.485. The van der Waals surface area contributed by atoms with Gasteiger partial charge >= 0.3 is 0 Å². The van der Waals surface area contributed by atoms with Gasteiger partial charge in [-0.15, -0.1) is 15.3 Å². The van der Waals surface area contributed by atoms with Crippen LogP contribution in [-0.4, -0.2) is 80.1 Å². The zero-order valence-corrected chi connectivity index (χ0v) is 20.4. The van der Waals surface area contributed by atoms with Crippen LogP contribution in [0.5, 0.6) is 17.2 Å². The van der Waals surface area contributed by atoms with E-state index in [4.69, 9.17) is 38.2 Å². The van der Waals surface area contributed by atoms with Crippen molar-refractivity contribution in [3.63, 3.8) is 0 Å². The normalized spacial score (nSPS) is 11.3. The lowest BCUT2D eigenvalue weighted by Gasteiger charge is -2.22. The zero-order valence-electron chi connectivity index (χ0n) is 20.4. The van der Waals surface area contributed by atoms with Crippen LogP contribution >= 0.6 is 0 Å². The molecule has 1 N–H and O–H groups in total. The van der Waals surface area contributed by atoms with Crippen molar-refractivity contribution >= 4 is 29.9 Å². The second-order valence-corrected chi connectivity index (χ2v) is 8.94. The molecule has 0 spiro atoms. The van der Waals surface area contributed by atoms with Crippen LogP contribution in [0.15, 0.2) is 30.7 Å². The number of hydrogen-bond acceptors (Lipinski definition) is 10. The molecule has 184 valence electrons. The summed E-state index contributed by atoms with van der Waals surface area (Å²) in [4.78, 5) is 13.0. The van der Waals surface area contributed by atoms with Crippen molar-refractivity contribution in [2.75, 3.05) is 0 Å². The van der Waals surface area contributed by atoms with Gasteiger partial charge in [-0.2, -0.15) is 0 Å². The van der Waals surface area contributed by atoms with Gasteiger partial charge in [0, 0.05) is 29.7 Å². The van der Waals surface area contributed by atoms with E-state index >= 15 is 0 Å². The molecule has 0 saturated heterocycles. The molecule has 6 radical (unpaired) electrons. The Balaban J connectivity index is 1.69. The molecule has 0 aliphatic carbocycles. The highest BCUT2D eigenvalue weighted by Gasteiger charge is 2.23. The summed E-state index contributed by atoms with van der Waals surface area (Å²) in [6.07, 6.45) is 4.47. The molecule has 0 fully saturated rings. The number of aromatic nitrogens is 9. The molecule has 14 nitrogen and oxygen atoms in total. The summed E-state index contributed by atoms with van der Waals surface area (Å²) < 4.78 is 21.1. The monoisotopic (exact) mass is 498 g/mol. The number of nitrogens with one attached hydrogen (secondary N) is 1. The summed E-state index contributed by atoms with van der Waals surface area (Å²) in [5, 5.41) is 25.7. The SMILES string of the molecule is [B]n1cc(COc2cc(C(=O)NC(C)(C)C)cc(OCc3cn([B])nn3)c2OCc2cn([B])nn2)nn1. The fourth-order valence-electron chi connectivity index (χ4n) is 3.07. The molecule has 0 aliphatic heterocycles. The predicted octanol–water partition coefficient (Wildman–Crippen LogP) is -0.479. The third-order valence-electron chi connectivity index (χ3n) is 4.56. The van der Waals surface area contributed by atoms with Gasteiger partial charge in [0.15, 0.2) is 11.5 Å². The summed E-state index contributed by atoms with van der Waals surface area (Å²) in [6.45, 7) is 5.56. The van der Waals surface area contributed by atoms with E-state index < -0.39 is 5.54 Å². The second-order valence-electron chi connectivity index (χ2n) is 8.94. The molecule has 3 aromatic heterocycles. The topological polar surface area (TPSA) is 149 Å². The van der Waals surface area contributed by atoms with E-state index in [2.05, 4.69) is 36.3 Å². The summed E-state index contributed by atoms with van der Waals surface area (Å²) in [5.41, 5.74) is 1.13. The molecule has 0 aliphatic rings. The van der Waals surface area contributed by atoms with Gasteiger partial charge in [-0.25, -0.2) is 0 Å². The van der Waals surface area contributed by atoms with Gasteiger partial charge in [-0.05, 0) is 32.9 Å². The molecule has 4 rings (SSSR count). The van der Waals surface area contributed by atoms with Crippen LogP contribution in [0.2, 0.25) is 0 Å². The molecule has 0 unspecified atom stereocenters. The summed E-state index contributed by atoms with van der Waals surface area (Å²) in [5.74, 6) is 0.247. The number of carbonyl (C=O) groups is 1. The van der Waals surface area contributed by atoms with Crippen molar-refractivity contribution < 1.29 is 19.0 Å². The Kier molecular flexibility index (Phi) is 7.50. The van der Waals surface area contributed by atoms with E-state index in [0.717, 1.165) is 13.8 Å². The molecule has 1 amide bonds. The minimum absolute atomic E-state index is 0.0160. The van der Waals surface area contributed by atoms with Crippen LogP contribution < -0.4 is 19.5 Å². The Bertz CT molecular complexity index is 1320. The highest BCUT2D eigenvalue weighted by molar-refractivity contribution is 6.06. The van der Waals surface area contributed by atoms with E-state index in [0.29, 0.717) is 17.1 Å². The van der Waals surface area contributed by atoms with Crippen molar-refractivity contribution in [1.29, 1.82) is 0 Å². The quantitative estimate of drug-likeness (QED) is 0.285. The molecule has 17 heteroatoms. The van der Waals surface area contributed by atoms with E-state index in [-0.39, 0.29) is 48.5 Å². The maximum atomic E-state index is 13.0. The molecule has 0 bridgehead atoms. The van der Waals surface area contributed by atoms with Gasteiger partial charge in [-0.3, -0.25) is 4.79 Å². The molecule has 1 aromatic carbocycles. The van der Waals surface area contributed by atoms with Gasteiger partial charge in [0.2, 0.25) is 5.75 Å². The van der Waals surface area contributed by atoms with Crippen molar-refractivity contribution in [1.82, 2.24) is 50.0 Å². The van der Waals surface area contributed by atoms with Crippen LogP contribution in [-0.2, 0) is 19.8 Å². The largest absolute Gasteiger partial charge is 0.483 e. The number of rotatable bonds is 10. The maximum Gasteiger partial charge on any atom is 0.266 e. The second kappa shape index (κ2) is 10.8. The van der Waals surface area contributed by atoms with Crippen LogP contribution in [0, 0.1) is 0 Å². The van der Waals surface area contributed by atoms with E-state index in [1.807, 2.05) is 20.8 Å². The first kappa shape index (κ1) is 25.8. The number of ether oxygens (including phenoxy) is 3. The van der Waals surface area contributed by atoms with Crippen LogP contribution in [0.3, 0.4) is 0 Å². The molecular formula is C20H21B3N10O4. The van der Waals surface area contributed by atoms with Crippen molar-refractivity contribution in [2.24, 2.45) is 0 Å². The minimum Gasteiger partial charge on any atom is -0.483 e. The van der Waals surface area contributed by atoms with E-state index in [1.165, 1.54) is 30.7 Å². The Labute approximate surface area is 215 Å². The Hall–Kier alpha value is -4.30. The average molecular weight is 498 g/mol. The predicted molar refractivity (Wildman–Crippen MR) is 130 cm³/mol. The van der Waals surface area contributed by atoms with Gasteiger partial charge < -0.3 is 33.3 Å². The van der Waals surface area contributed by atoms with Crippen LogP contribution in [0.25, 0.3) is 0 Å². The third-order valence-corrected chi connectivity index (χ3v) is 4.56. The lowest BCUT2D eigenvalue weighted by molar-refractivity contribution is 0.0918. The van der Waals surface area contributed by atoms with Gasteiger partial charge in [0.05, 0.1) is 0 Å². The Morgan fingerprint density at radius 1 is 0.784 bits per heavy atom. The molecule has 0 saturated carbocycles. The molecule has 0 atom stereocenters. The number of hydrogen-bond donors (Lipinski definition) is 1. The number of amides is 1. The standard InChI is InChI=1S/C20H21B3N10O4/c1-20(2,3)24-19(34)12-4-16(35-9-13-6-31(21)28-25-13)18(37-11-15-8-33(23)30-27-15)17(5-12)36-10-14-7-32(22)29-26-14/h4-8H,9-11H2,1-3H3,(H,24,34). The number of benzene rings is 1. The van der Waals surface area contributed by atoms with E-state index in [1.54, 1.807) is 0 Å². The molecular weight excluding hydrogens is 477 g/mol. The fourth-order valence-corrected chi connectivity index (χ4v) is 3.07. The Morgan fingerprint density at radius 3 is 1.54 bits per heavy atom. The first-order chi connectivity index (χ1) is 17.6. The zero-order chi connectivity index (χ0) is 26.6. The fraction of sp³-hybridized carbons (Fsp3) is 0.350. The summed E-state index contributed by atoms with van der Waals surface area (Å²) >= 11 is 0. The Morgan fingerprint density at radius 2 is 1.19 bits per heavy atom. The highest BCUT2D eigenvalue weighted by atomic mass is 16.5. The summed E-state index contributed by atoms with van der Waals surface area (Å²) in [7, 11) is 16.7. The first-order valence-corrected chi connectivity index (χ1v) is 10.9. The van der Waals surface area contributed by atoms with Crippen molar-refractivity contribution in [3.8, 4) is 17.2 Å². The van der Waals surface area contributed by atoms with Crippen molar-refractivity contribution in [3.05, 3.63) is 53.4 Å². The molecule has 4 aromatic rings. The van der Waals surface area contributed by atoms with Gasteiger partial charge in [0.25, 0.3) is 29.9 Å². The van der Waals surface area contributed by atoms with Crippen LogP contribution in [0.1, 0.15) is 48.2 Å². The smallest absolute Gasteiger partial charge is 0.266 e. The highest BCUT2D eigenvalue weighted by Crippen LogP contribution is 2.40.